The molecule has 0 bridgehead atoms. The lowest BCUT2D eigenvalue weighted by Crippen LogP contribution is -2.03. The highest BCUT2D eigenvalue weighted by Crippen LogP contribution is 2.27. The van der Waals surface area contributed by atoms with Crippen molar-refractivity contribution in [2.24, 2.45) is 0 Å². The molecule has 0 radical (unpaired) electrons. The first-order chi connectivity index (χ1) is 8.00. The Morgan fingerprint density at radius 2 is 1.24 bits per heavy atom. The molecule has 0 aliphatic carbocycles. The molecular formula is C12H11F3N2. The van der Waals surface area contributed by atoms with E-state index < -0.39 is 11.7 Å². The van der Waals surface area contributed by atoms with Crippen LogP contribution in [0.2, 0.25) is 0 Å². The molecule has 0 unspecified atom stereocenters. The average molecular weight is 240 g/mol. The van der Waals surface area contributed by atoms with Crippen LogP contribution >= 0.6 is 0 Å². The smallest absolute Gasteiger partial charge is 0.265 e. The standard InChI is InChI=1S/C6H4F3N.C6H7N/c7-6(8,9)5-1-3-10-4-2-5;1-6-2-4-7-5-3-6/h1-4H;2-5H,1H3. The van der Waals surface area contributed by atoms with Gasteiger partial charge in [-0.1, -0.05) is 0 Å². The van der Waals surface area contributed by atoms with Crippen molar-refractivity contribution < 1.29 is 13.2 Å². The predicted octanol–water partition coefficient (Wildman–Crippen LogP) is 3.49. The van der Waals surface area contributed by atoms with Crippen molar-refractivity contribution in [2.75, 3.05) is 0 Å². The molecule has 0 aliphatic heterocycles. The van der Waals surface area contributed by atoms with Crippen LogP contribution in [-0.2, 0) is 6.18 Å². The Morgan fingerprint density at radius 1 is 0.824 bits per heavy atom. The monoisotopic (exact) mass is 240 g/mol. The second-order valence-corrected chi connectivity index (χ2v) is 3.26. The third-order valence-electron chi connectivity index (χ3n) is 1.85. The number of halogens is 3. The molecule has 0 fully saturated rings. The molecule has 0 amide bonds. The summed E-state index contributed by atoms with van der Waals surface area (Å²) in [6.07, 6.45) is 1.55. The van der Waals surface area contributed by atoms with Gasteiger partial charge in [-0.25, -0.2) is 0 Å². The minimum atomic E-state index is -4.25. The van der Waals surface area contributed by atoms with E-state index in [1.807, 2.05) is 19.1 Å². The summed E-state index contributed by atoms with van der Waals surface area (Å²) in [4.78, 5) is 7.30. The van der Waals surface area contributed by atoms with Gasteiger partial charge in [0.05, 0.1) is 5.56 Å². The maximum absolute atomic E-state index is 11.8. The van der Waals surface area contributed by atoms with Crippen LogP contribution in [0.4, 0.5) is 13.2 Å². The van der Waals surface area contributed by atoms with E-state index in [0.717, 1.165) is 24.5 Å². The van der Waals surface area contributed by atoms with Crippen molar-refractivity contribution in [1.29, 1.82) is 0 Å². The Bertz CT molecular complexity index is 427. The van der Waals surface area contributed by atoms with E-state index in [-0.39, 0.29) is 0 Å². The van der Waals surface area contributed by atoms with E-state index in [1.165, 1.54) is 5.56 Å². The Labute approximate surface area is 97.2 Å². The molecule has 2 heterocycles. The summed E-state index contributed by atoms with van der Waals surface area (Å²) < 4.78 is 35.3. The molecule has 0 saturated heterocycles. The third-order valence-corrected chi connectivity index (χ3v) is 1.85. The second-order valence-electron chi connectivity index (χ2n) is 3.26. The topological polar surface area (TPSA) is 25.8 Å². The fraction of sp³-hybridized carbons (Fsp3) is 0.167. The largest absolute Gasteiger partial charge is 0.416 e. The number of pyridine rings is 2. The number of nitrogens with zero attached hydrogens (tertiary/aromatic N) is 2. The van der Waals surface area contributed by atoms with E-state index in [9.17, 15) is 13.2 Å². The molecule has 0 atom stereocenters. The van der Waals surface area contributed by atoms with Gasteiger partial charge in [-0.15, -0.1) is 0 Å². The number of hydrogen-bond acceptors (Lipinski definition) is 2. The van der Waals surface area contributed by atoms with Gasteiger partial charge in [0.2, 0.25) is 0 Å². The molecule has 0 aliphatic rings. The van der Waals surface area contributed by atoms with Gasteiger partial charge in [-0.05, 0) is 36.8 Å². The fourth-order valence-corrected chi connectivity index (χ4v) is 0.967. The Kier molecular flexibility index (Phi) is 4.63. The van der Waals surface area contributed by atoms with Gasteiger partial charge in [-0.3, -0.25) is 9.97 Å². The van der Waals surface area contributed by atoms with Crippen LogP contribution in [0.3, 0.4) is 0 Å². The lowest BCUT2D eigenvalue weighted by Gasteiger charge is -2.03. The lowest BCUT2D eigenvalue weighted by atomic mass is 10.3. The zero-order valence-corrected chi connectivity index (χ0v) is 9.15. The summed E-state index contributed by atoms with van der Waals surface area (Å²) in [6.45, 7) is 2.04. The number of aromatic nitrogens is 2. The first-order valence-electron chi connectivity index (χ1n) is 4.84. The van der Waals surface area contributed by atoms with Gasteiger partial charge in [0.15, 0.2) is 0 Å². The Hall–Kier alpha value is -1.91. The minimum absolute atomic E-state index is 0.664. The van der Waals surface area contributed by atoms with Gasteiger partial charge in [0.1, 0.15) is 0 Å². The van der Waals surface area contributed by atoms with Gasteiger partial charge in [-0.2, -0.15) is 13.2 Å². The van der Waals surface area contributed by atoms with E-state index in [1.54, 1.807) is 12.4 Å². The van der Waals surface area contributed by atoms with Crippen molar-refractivity contribution >= 4 is 0 Å². The zero-order valence-electron chi connectivity index (χ0n) is 9.15. The van der Waals surface area contributed by atoms with Crippen molar-refractivity contribution in [3.8, 4) is 0 Å². The van der Waals surface area contributed by atoms with Crippen LogP contribution in [0, 0.1) is 6.92 Å². The van der Waals surface area contributed by atoms with Gasteiger partial charge in [0.25, 0.3) is 0 Å². The molecule has 0 N–H and O–H groups in total. The Morgan fingerprint density at radius 3 is 1.47 bits per heavy atom. The van der Waals surface area contributed by atoms with Crippen LogP contribution in [0.1, 0.15) is 11.1 Å². The van der Waals surface area contributed by atoms with E-state index in [4.69, 9.17) is 0 Å². The first-order valence-corrected chi connectivity index (χ1v) is 4.84. The molecule has 17 heavy (non-hydrogen) atoms. The van der Waals surface area contributed by atoms with Crippen LogP contribution < -0.4 is 0 Å². The normalized spacial score (nSPS) is 10.4. The highest BCUT2D eigenvalue weighted by Gasteiger charge is 2.29. The van der Waals surface area contributed by atoms with E-state index in [0.29, 0.717) is 0 Å². The zero-order chi connectivity index (χ0) is 12.7. The van der Waals surface area contributed by atoms with Crippen molar-refractivity contribution in [3.63, 3.8) is 0 Å². The molecule has 0 aromatic carbocycles. The highest BCUT2D eigenvalue weighted by molar-refractivity contribution is 5.13. The molecule has 90 valence electrons. The maximum Gasteiger partial charge on any atom is 0.416 e. The van der Waals surface area contributed by atoms with Gasteiger partial charge >= 0.3 is 6.18 Å². The van der Waals surface area contributed by atoms with Crippen molar-refractivity contribution in [3.05, 3.63) is 60.2 Å². The SMILES string of the molecule is Cc1ccncc1.FC(F)(F)c1ccncc1. The maximum atomic E-state index is 11.8. The molecule has 2 aromatic heterocycles. The second kappa shape index (κ2) is 5.98. The van der Waals surface area contributed by atoms with Crippen LogP contribution in [-0.4, -0.2) is 9.97 Å². The molecule has 0 saturated carbocycles. The minimum Gasteiger partial charge on any atom is -0.265 e. The molecule has 0 spiro atoms. The quantitative estimate of drug-likeness (QED) is 0.704. The Balaban J connectivity index is 0.000000181. The van der Waals surface area contributed by atoms with Gasteiger partial charge < -0.3 is 0 Å². The van der Waals surface area contributed by atoms with Crippen molar-refractivity contribution in [1.82, 2.24) is 9.97 Å². The summed E-state index contributed by atoms with van der Waals surface area (Å²) in [7, 11) is 0. The number of alkyl halides is 3. The molecule has 2 nitrogen and oxygen atoms in total. The number of hydrogen-bond donors (Lipinski definition) is 0. The van der Waals surface area contributed by atoms with Crippen LogP contribution in [0.5, 0.6) is 0 Å². The highest BCUT2D eigenvalue weighted by atomic mass is 19.4. The molecule has 2 rings (SSSR count). The third kappa shape index (κ3) is 5.10. The lowest BCUT2D eigenvalue weighted by molar-refractivity contribution is -0.137. The molecule has 2 aromatic rings. The number of rotatable bonds is 0. The van der Waals surface area contributed by atoms with Gasteiger partial charge in [0, 0.05) is 24.8 Å². The molecule has 5 heteroatoms. The summed E-state index contributed by atoms with van der Waals surface area (Å²) >= 11 is 0. The summed E-state index contributed by atoms with van der Waals surface area (Å²) in [5.74, 6) is 0. The summed E-state index contributed by atoms with van der Waals surface area (Å²) in [5, 5.41) is 0. The summed E-state index contributed by atoms with van der Waals surface area (Å²) in [5.41, 5.74) is 0.595. The van der Waals surface area contributed by atoms with E-state index >= 15 is 0 Å². The number of aryl methyl sites for hydroxylation is 1. The average Bonchev–Trinajstić information content (AvgIpc) is 2.31. The van der Waals surface area contributed by atoms with E-state index in [2.05, 4.69) is 9.97 Å². The summed E-state index contributed by atoms with van der Waals surface area (Å²) in [6, 6.07) is 5.81. The van der Waals surface area contributed by atoms with Crippen molar-refractivity contribution in [2.45, 2.75) is 13.1 Å². The predicted molar refractivity (Wildman–Crippen MR) is 58.2 cm³/mol. The first kappa shape index (κ1) is 13.2. The van der Waals surface area contributed by atoms with Crippen LogP contribution in [0.25, 0.3) is 0 Å². The fourth-order valence-electron chi connectivity index (χ4n) is 0.967. The molecular weight excluding hydrogens is 229 g/mol. The van der Waals surface area contributed by atoms with Crippen LogP contribution in [0.15, 0.2) is 49.1 Å².